The van der Waals surface area contributed by atoms with Crippen LogP contribution in [0.1, 0.15) is 38.5 Å². The fourth-order valence-corrected chi connectivity index (χ4v) is 6.04. The van der Waals surface area contributed by atoms with E-state index in [0.717, 1.165) is 35.5 Å². The molecule has 2 N–H and O–H groups in total. The highest BCUT2D eigenvalue weighted by Gasteiger charge is 2.47. The smallest absolute Gasteiger partial charge is 0.0104 e. The van der Waals surface area contributed by atoms with Gasteiger partial charge in [0.2, 0.25) is 0 Å². The van der Waals surface area contributed by atoms with Gasteiger partial charge in [0.1, 0.15) is 0 Å². The number of rotatable bonds is 4. The lowest BCUT2D eigenvalue weighted by molar-refractivity contribution is 0.0267. The quantitative estimate of drug-likeness (QED) is 0.745. The minimum Gasteiger partial charge on any atom is -0.330 e. The summed E-state index contributed by atoms with van der Waals surface area (Å²) < 4.78 is 0. The molecule has 0 saturated heterocycles. The molecule has 15 heavy (non-hydrogen) atoms. The van der Waals surface area contributed by atoms with Crippen LogP contribution < -0.4 is 5.73 Å². The molecule has 0 radical (unpaired) electrons. The molecule has 1 nitrogen and oxygen atoms in total. The van der Waals surface area contributed by atoms with Crippen molar-refractivity contribution in [1.82, 2.24) is 0 Å². The van der Waals surface area contributed by atoms with E-state index < -0.39 is 0 Å². The SMILES string of the molecule is NCCCSC1C2CC3CC(C2)CC1C3. The molecule has 0 aromatic carbocycles. The van der Waals surface area contributed by atoms with Crippen LogP contribution in [0.25, 0.3) is 0 Å². The van der Waals surface area contributed by atoms with E-state index in [-0.39, 0.29) is 0 Å². The van der Waals surface area contributed by atoms with Gasteiger partial charge in [-0.1, -0.05) is 0 Å². The Bertz CT molecular complexity index is 201. The van der Waals surface area contributed by atoms with Gasteiger partial charge in [0.15, 0.2) is 0 Å². The highest BCUT2D eigenvalue weighted by Crippen LogP contribution is 2.56. The molecule has 0 aromatic rings. The van der Waals surface area contributed by atoms with Crippen molar-refractivity contribution in [1.29, 1.82) is 0 Å². The predicted molar refractivity (Wildman–Crippen MR) is 67.0 cm³/mol. The third-order valence-corrected chi connectivity index (χ3v) is 6.48. The summed E-state index contributed by atoms with van der Waals surface area (Å²) >= 11 is 2.26. The van der Waals surface area contributed by atoms with Crippen molar-refractivity contribution in [3.63, 3.8) is 0 Å². The van der Waals surface area contributed by atoms with Gasteiger partial charge in [-0.05, 0) is 74.5 Å². The predicted octanol–water partition coefficient (Wildman–Crippen LogP) is 2.89. The van der Waals surface area contributed by atoms with Gasteiger partial charge in [-0.3, -0.25) is 0 Å². The van der Waals surface area contributed by atoms with Gasteiger partial charge in [0.05, 0.1) is 0 Å². The van der Waals surface area contributed by atoms with Crippen molar-refractivity contribution < 1.29 is 0 Å². The molecule has 2 heteroatoms. The molecule has 4 aliphatic carbocycles. The fraction of sp³-hybridized carbons (Fsp3) is 1.00. The molecule has 0 atom stereocenters. The first-order chi connectivity index (χ1) is 7.36. The van der Waals surface area contributed by atoms with Gasteiger partial charge < -0.3 is 5.73 Å². The Morgan fingerprint density at radius 3 is 2.07 bits per heavy atom. The van der Waals surface area contributed by atoms with Gasteiger partial charge in [0, 0.05) is 5.25 Å². The van der Waals surface area contributed by atoms with Gasteiger partial charge in [-0.15, -0.1) is 0 Å². The standard InChI is InChI=1S/C13H23NS/c14-2-1-3-15-13-11-5-9-4-10(7-11)8-12(13)6-9/h9-13H,1-8,14H2. The number of hydrogen-bond acceptors (Lipinski definition) is 2. The Hall–Kier alpha value is 0.310. The van der Waals surface area contributed by atoms with Gasteiger partial charge in [-0.2, -0.15) is 11.8 Å². The van der Waals surface area contributed by atoms with Crippen LogP contribution in [0.15, 0.2) is 0 Å². The molecular formula is C13H23NS. The Labute approximate surface area is 97.6 Å². The summed E-state index contributed by atoms with van der Waals surface area (Å²) in [5.74, 6) is 5.73. The number of nitrogens with two attached hydrogens (primary N) is 1. The summed E-state index contributed by atoms with van der Waals surface area (Å²) in [7, 11) is 0. The second-order valence-electron chi connectivity index (χ2n) is 5.91. The third-order valence-electron chi connectivity index (χ3n) is 4.80. The van der Waals surface area contributed by atoms with Crippen LogP contribution >= 0.6 is 11.8 Å². The zero-order chi connectivity index (χ0) is 10.3. The average molecular weight is 225 g/mol. The maximum Gasteiger partial charge on any atom is 0.0104 e. The molecule has 4 saturated carbocycles. The molecule has 0 aromatic heterocycles. The minimum absolute atomic E-state index is 0.875. The summed E-state index contributed by atoms with van der Waals surface area (Å²) in [4.78, 5) is 0. The van der Waals surface area contributed by atoms with Crippen LogP contribution in [-0.2, 0) is 0 Å². The average Bonchev–Trinajstić information content (AvgIpc) is 2.21. The largest absolute Gasteiger partial charge is 0.330 e. The zero-order valence-electron chi connectivity index (χ0n) is 9.53. The summed E-state index contributed by atoms with van der Waals surface area (Å²) in [6.07, 6.45) is 9.04. The van der Waals surface area contributed by atoms with E-state index in [1.165, 1.54) is 12.2 Å². The van der Waals surface area contributed by atoms with E-state index in [1.807, 2.05) is 0 Å². The highest BCUT2D eigenvalue weighted by molar-refractivity contribution is 7.99. The van der Waals surface area contributed by atoms with Crippen LogP contribution in [0.2, 0.25) is 0 Å². The zero-order valence-corrected chi connectivity index (χ0v) is 10.3. The summed E-state index contributed by atoms with van der Waals surface area (Å²) in [5, 5.41) is 1.02. The lowest BCUT2D eigenvalue weighted by Gasteiger charge is -2.54. The van der Waals surface area contributed by atoms with Crippen molar-refractivity contribution >= 4 is 11.8 Å². The second kappa shape index (κ2) is 4.29. The molecule has 4 aliphatic rings. The van der Waals surface area contributed by atoms with Gasteiger partial charge >= 0.3 is 0 Å². The molecule has 4 fully saturated rings. The van der Waals surface area contributed by atoms with Gasteiger partial charge in [0.25, 0.3) is 0 Å². The van der Waals surface area contributed by atoms with E-state index in [4.69, 9.17) is 5.73 Å². The van der Waals surface area contributed by atoms with Crippen LogP contribution in [-0.4, -0.2) is 17.5 Å². The summed E-state index contributed by atoms with van der Waals surface area (Å²) in [5.41, 5.74) is 5.58. The maximum atomic E-state index is 5.58. The van der Waals surface area contributed by atoms with E-state index in [0.29, 0.717) is 0 Å². The molecular weight excluding hydrogens is 202 g/mol. The second-order valence-corrected chi connectivity index (χ2v) is 7.19. The lowest BCUT2D eigenvalue weighted by atomic mass is 9.56. The lowest BCUT2D eigenvalue weighted by Crippen LogP contribution is -2.46. The molecule has 0 aliphatic heterocycles. The number of thioether (sulfide) groups is 1. The molecule has 0 unspecified atom stereocenters. The van der Waals surface area contributed by atoms with E-state index in [2.05, 4.69) is 11.8 Å². The molecule has 0 heterocycles. The fourth-order valence-electron chi connectivity index (χ4n) is 4.45. The van der Waals surface area contributed by atoms with Crippen molar-refractivity contribution in [3.05, 3.63) is 0 Å². The Morgan fingerprint density at radius 1 is 0.933 bits per heavy atom. The van der Waals surface area contributed by atoms with Crippen molar-refractivity contribution in [2.75, 3.05) is 12.3 Å². The first-order valence-corrected chi connectivity index (χ1v) is 7.73. The van der Waals surface area contributed by atoms with Crippen LogP contribution in [0.3, 0.4) is 0 Å². The molecule has 4 rings (SSSR count). The summed E-state index contributed by atoms with van der Waals surface area (Å²) in [6, 6.07) is 0. The number of hydrogen-bond donors (Lipinski definition) is 1. The van der Waals surface area contributed by atoms with E-state index >= 15 is 0 Å². The van der Waals surface area contributed by atoms with Crippen molar-refractivity contribution in [2.24, 2.45) is 29.4 Å². The Kier molecular flexibility index (Phi) is 2.99. The molecule has 86 valence electrons. The molecule has 4 bridgehead atoms. The first-order valence-electron chi connectivity index (χ1n) is 6.68. The highest BCUT2D eigenvalue weighted by atomic mass is 32.2. The van der Waals surface area contributed by atoms with E-state index in [9.17, 15) is 0 Å². The van der Waals surface area contributed by atoms with Crippen LogP contribution in [0.4, 0.5) is 0 Å². The first kappa shape index (κ1) is 10.5. The van der Waals surface area contributed by atoms with Crippen molar-refractivity contribution in [2.45, 2.75) is 43.8 Å². The molecule has 0 spiro atoms. The van der Waals surface area contributed by atoms with Crippen molar-refractivity contribution in [3.8, 4) is 0 Å². The summed E-state index contributed by atoms with van der Waals surface area (Å²) in [6.45, 7) is 0.875. The van der Waals surface area contributed by atoms with Gasteiger partial charge in [-0.25, -0.2) is 0 Å². The monoisotopic (exact) mass is 225 g/mol. The van der Waals surface area contributed by atoms with E-state index in [1.54, 1.807) is 32.1 Å². The third kappa shape index (κ3) is 1.95. The Morgan fingerprint density at radius 2 is 1.53 bits per heavy atom. The van der Waals surface area contributed by atoms with Crippen LogP contribution in [0, 0.1) is 23.7 Å². The molecule has 0 amide bonds. The van der Waals surface area contributed by atoms with Crippen LogP contribution in [0.5, 0.6) is 0 Å². The normalized spacial score (nSPS) is 47.4. The maximum absolute atomic E-state index is 5.58. The Balaban J connectivity index is 1.60. The minimum atomic E-state index is 0.875. The topological polar surface area (TPSA) is 26.0 Å².